The number of benzene rings is 2. The average molecular weight is 404 g/mol. The smallest absolute Gasteiger partial charge is 0.255 e. The number of rotatable bonds is 3. The van der Waals surface area contributed by atoms with Crippen molar-refractivity contribution in [3.8, 4) is 0 Å². The first kappa shape index (κ1) is 18.8. The van der Waals surface area contributed by atoms with Crippen molar-refractivity contribution in [3.63, 3.8) is 0 Å². The molecule has 7 nitrogen and oxygen atoms in total. The summed E-state index contributed by atoms with van der Waals surface area (Å²) in [5.74, 6) is -0.774. The van der Waals surface area contributed by atoms with Crippen molar-refractivity contribution in [2.45, 2.75) is 44.9 Å². The van der Waals surface area contributed by atoms with E-state index in [4.69, 9.17) is 5.73 Å². The van der Waals surface area contributed by atoms with E-state index in [2.05, 4.69) is 22.3 Å². The SMILES string of the molecule is Nc1ccc2c(c1)CN(Cc1cccc3c1CN(C1CCC(=O)NC1=O)C3=O)CC2. The van der Waals surface area contributed by atoms with Crippen molar-refractivity contribution >= 4 is 23.4 Å². The van der Waals surface area contributed by atoms with E-state index in [-0.39, 0.29) is 24.1 Å². The van der Waals surface area contributed by atoms with Gasteiger partial charge in [-0.05, 0) is 53.3 Å². The van der Waals surface area contributed by atoms with Crippen LogP contribution in [0.1, 0.15) is 45.5 Å². The minimum absolute atomic E-state index is 0.127. The average Bonchev–Trinajstić information content (AvgIpc) is 3.05. The fraction of sp³-hybridized carbons (Fsp3) is 0.348. The molecule has 154 valence electrons. The molecule has 0 bridgehead atoms. The largest absolute Gasteiger partial charge is 0.399 e. The molecule has 0 radical (unpaired) electrons. The molecule has 0 spiro atoms. The highest BCUT2D eigenvalue weighted by Gasteiger charge is 2.39. The zero-order valence-corrected chi connectivity index (χ0v) is 16.7. The number of nitrogens with zero attached hydrogens (tertiary/aromatic N) is 2. The van der Waals surface area contributed by atoms with Crippen LogP contribution in [0.5, 0.6) is 0 Å². The van der Waals surface area contributed by atoms with E-state index >= 15 is 0 Å². The summed E-state index contributed by atoms with van der Waals surface area (Å²) < 4.78 is 0. The predicted molar refractivity (Wildman–Crippen MR) is 111 cm³/mol. The number of nitrogens with two attached hydrogens (primary N) is 1. The fourth-order valence-electron chi connectivity index (χ4n) is 4.81. The Bertz CT molecular complexity index is 1060. The predicted octanol–water partition coefficient (Wildman–Crippen LogP) is 1.59. The second-order valence-electron chi connectivity index (χ2n) is 8.33. The molecule has 0 aliphatic carbocycles. The highest BCUT2D eigenvalue weighted by Crippen LogP contribution is 2.31. The lowest BCUT2D eigenvalue weighted by Gasteiger charge is -2.30. The van der Waals surface area contributed by atoms with E-state index < -0.39 is 6.04 Å². The van der Waals surface area contributed by atoms with Crippen LogP contribution in [-0.2, 0) is 35.6 Å². The first-order valence-corrected chi connectivity index (χ1v) is 10.3. The van der Waals surface area contributed by atoms with Crippen LogP contribution in [0.4, 0.5) is 5.69 Å². The molecule has 3 heterocycles. The van der Waals surface area contributed by atoms with Crippen molar-refractivity contribution in [1.29, 1.82) is 0 Å². The summed E-state index contributed by atoms with van der Waals surface area (Å²) in [7, 11) is 0. The van der Waals surface area contributed by atoms with Crippen molar-refractivity contribution in [2.24, 2.45) is 0 Å². The Hall–Kier alpha value is -3.19. The molecule has 1 fully saturated rings. The third-order valence-electron chi connectivity index (χ3n) is 6.39. The van der Waals surface area contributed by atoms with Crippen LogP contribution in [0.2, 0.25) is 0 Å². The van der Waals surface area contributed by atoms with E-state index in [1.54, 1.807) is 4.90 Å². The van der Waals surface area contributed by atoms with E-state index in [0.29, 0.717) is 18.5 Å². The number of carbonyl (C=O) groups excluding carboxylic acids is 3. The number of carbonyl (C=O) groups is 3. The maximum absolute atomic E-state index is 13.0. The van der Waals surface area contributed by atoms with Gasteiger partial charge in [-0.3, -0.25) is 24.6 Å². The second-order valence-corrected chi connectivity index (χ2v) is 8.33. The van der Waals surface area contributed by atoms with Crippen LogP contribution in [0.3, 0.4) is 0 Å². The lowest BCUT2D eigenvalue weighted by molar-refractivity contribution is -0.136. The fourth-order valence-corrected chi connectivity index (χ4v) is 4.81. The molecule has 3 amide bonds. The molecule has 0 saturated carbocycles. The maximum atomic E-state index is 13.0. The van der Waals surface area contributed by atoms with Crippen molar-refractivity contribution < 1.29 is 14.4 Å². The molecule has 5 rings (SSSR count). The van der Waals surface area contributed by atoms with Gasteiger partial charge in [-0.15, -0.1) is 0 Å². The Labute approximate surface area is 174 Å². The summed E-state index contributed by atoms with van der Waals surface area (Å²) in [5, 5.41) is 2.36. The van der Waals surface area contributed by atoms with Gasteiger partial charge in [0.15, 0.2) is 0 Å². The van der Waals surface area contributed by atoms with Crippen LogP contribution >= 0.6 is 0 Å². The molecule has 2 aromatic carbocycles. The molecule has 3 aliphatic rings. The summed E-state index contributed by atoms with van der Waals surface area (Å²) >= 11 is 0. The van der Waals surface area contributed by atoms with Gasteiger partial charge in [0.05, 0.1) is 0 Å². The van der Waals surface area contributed by atoms with Gasteiger partial charge in [0.25, 0.3) is 5.91 Å². The standard InChI is InChI=1S/C23H24N4O3/c24-17-5-4-14-8-9-26(12-16(14)10-17)11-15-2-1-3-18-19(15)13-27(23(18)30)20-6-7-21(28)25-22(20)29/h1-5,10,20H,6-9,11-13,24H2,(H,25,28,29). The molecular formula is C23H24N4O3. The normalized spacial score (nSPS) is 21.4. The van der Waals surface area contributed by atoms with E-state index in [9.17, 15) is 14.4 Å². The quantitative estimate of drug-likeness (QED) is 0.598. The monoisotopic (exact) mass is 404 g/mol. The van der Waals surface area contributed by atoms with E-state index in [1.807, 2.05) is 24.3 Å². The third-order valence-corrected chi connectivity index (χ3v) is 6.39. The van der Waals surface area contributed by atoms with E-state index in [1.165, 1.54) is 11.1 Å². The molecule has 3 N–H and O–H groups in total. The zero-order valence-electron chi connectivity index (χ0n) is 16.7. The Balaban J connectivity index is 1.36. The summed E-state index contributed by atoms with van der Waals surface area (Å²) in [5.41, 5.74) is 12.1. The van der Waals surface area contributed by atoms with Crippen LogP contribution in [0, 0.1) is 0 Å². The van der Waals surface area contributed by atoms with Gasteiger partial charge in [0.2, 0.25) is 11.8 Å². The van der Waals surface area contributed by atoms with E-state index in [0.717, 1.165) is 42.9 Å². The highest BCUT2D eigenvalue weighted by molar-refractivity contribution is 6.05. The zero-order chi connectivity index (χ0) is 20.8. The van der Waals surface area contributed by atoms with Crippen LogP contribution in [0.15, 0.2) is 36.4 Å². The topological polar surface area (TPSA) is 95.7 Å². The van der Waals surface area contributed by atoms with Crippen molar-refractivity contribution in [3.05, 3.63) is 64.2 Å². The van der Waals surface area contributed by atoms with Crippen molar-refractivity contribution in [1.82, 2.24) is 15.1 Å². The minimum Gasteiger partial charge on any atom is -0.399 e. The Morgan fingerprint density at radius 2 is 1.90 bits per heavy atom. The first-order chi connectivity index (χ1) is 14.5. The number of anilines is 1. The maximum Gasteiger partial charge on any atom is 0.255 e. The Kier molecular flexibility index (Phi) is 4.55. The molecule has 7 heteroatoms. The number of imide groups is 1. The number of fused-ring (bicyclic) bond motifs is 2. The minimum atomic E-state index is -0.583. The van der Waals surface area contributed by atoms with Gasteiger partial charge in [-0.1, -0.05) is 18.2 Å². The molecule has 3 aliphatic heterocycles. The molecule has 0 aromatic heterocycles. The molecule has 2 aromatic rings. The molecule has 30 heavy (non-hydrogen) atoms. The Morgan fingerprint density at radius 1 is 1.03 bits per heavy atom. The van der Waals surface area contributed by atoms with Crippen LogP contribution < -0.4 is 11.1 Å². The second kappa shape index (κ2) is 7.25. The summed E-state index contributed by atoms with van der Waals surface area (Å²) in [4.78, 5) is 40.7. The number of nitrogen functional groups attached to an aromatic ring is 1. The lowest BCUT2D eigenvalue weighted by atomic mass is 9.97. The summed E-state index contributed by atoms with van der Waals surface area (Å²) in [6.07, 6.45) is 1.62. The van der Waals surface area contributed by atoms with Crippen LogP contribution in [-0.4, -0.2) is 40.1 Å². The third kappa shape index (κ3) is 3.25. The van der Waals surface area contributed by atoms with Gasteiger partial charge in [0, 0.05) is 43.9 Å². The highest BCUT2D eigenvalue weighted by atomic mass is 16.2. The number of hydrogen-bond acceptors (Lipinski definition) is 5. The molecule has 1 atom stereocenters. The van der Waals surface area contributed by atoms with Gasteiger partial charge >= 0.3 is 0 Å². The van der Waals surface area contributed by atoms with Gasteiger partial charge in [-0.2, -0.15) is 0 Å². The number of piperidine rings is 1. The number of hydrogen-bond donors (Lipinski definition) is 2. The van der Waals surface area contributed by atoms with Gasteiger partial charge in [-0.25, -0.2) is 0 Å². The molecule has 1 saturated heterocycles. The van der Waals surface area contributed by atoms with Crippen molar-refractivity contribution in [2.75, 3.05) is 12.3 Å². The Morgan fingerprint density at radius 3 is 2.73 bits per heavy atom. The number of nitrogens with one attached hydrogen (secondary N) is 1. The van der Waals surface area contributed by atoms with Crippen LogP contribution in [0.25, 0.3) is 0 Å². The lowest BCUT2D eigenvalue weighted by Crippen LogP contribution is -2.52. The summed E-state index contributed by atoms with van der Waals surface area (Å²) in [6.45, 7) is 2.93. The number of amides is 3. The molecular weight excluding hydrogens is 380 g/mol. The molecule has 1 unspecified atom stereocenters. The van der Waals surface area contributed by atoms with Gasteiger partial charge in [0.1, 0.15) is 6.04 Å². The summed E-state index contributed by atoms with van der Waals surface area (Å²) in [6, 6.07) is 11.3. The van der Waals surface area contributed by atoms with Gasteiger partial charge < -0.3 is 10.6 Å². The first-order valence-electron chi connectivity index (χ1n) is 10.3.